The standard InChI is InChI=1S/C12H12N2O/c1-7(2)10-8-5-3-4-6-9(8)12(15)14-11(10)13/h3-6H,1H2,2H3,(H3,13,14,15). The van der Waals surface area contributed by atoms with Gasteiger partial charge in [0, 0.05) is 10.9 Å². The summed E-state index contributed by atoms with van der Waals surface area (Å²) in [6, 6.07) is 7.37. The smallest absolute Gasteiger partial charge is 0.257 e. The summed E-state index contributed by atoms with van der Waals surface area (Å²) >= 11 is 0. The molecule has 0 saturated carbocycles. The Bertz CT molecular complexity index is 596. The van der Waals surface area contributed by atoms with Crippen molar-refractivity contribution >= 4 is 22.2 Å². The highest BCUT2D eigenvalue weighted by Crippen LogP contribution is 2.25. The van der Waals surface area contributed by atoms with Crippen LogP contribution in [0.3, 0.4) is 0 Å². The minimum atomic E-state index is -0.159. The van der Waals surface area contributed by atoms with Gasteiger partial charge in [-0.25, -0.2) is 0 Å². The maximum absolute atomic E-state index is 11.6. The number of aromatic amines is 1. The predicted octanol–water partition coefficient (Wildman–Crippen LogP) is 2.14. The first-order valence-corrected chi connectivity index (χ1v) is 4.67. The van der Waals surface area contributed by atoms with Crippen LogP contribution in [0.25, 0.3) is 16.3 Å². The van der Waals surface area contributed by atoms with E-state index in [1.54, 1.807) is 6.07 Å². The second kappa shape index (κ2) is 3.28. The van der Waals surface area contributed by atoms with Crippen molar-refractivity contribution in [2.75, 3.05) is 5.73 Å². The zero-order valence-corrected chi connectivity index (χ0v) is 8.50. The molecule has 0 fully saturated rings. The van der Waals surface area contributed by atoms with Crippen molar-refractivity contribution in [2.45, 2.75) is 6.92 Å². The summed E-state index contributed by atoms with van der Waals surface area (Å²) in [4.78, 5) is 14.2. The van der Waals surface area contributed by atoms with Crippen LogP contribution in [0.15, 0.2) is 35.6 Å². The molecule has 3 nitrogen and oxygen atoms in total. The minimum Gasteiger partial charge on any atom is -0.385 e. The first kappa shape index (κ1) is 9.52. The molecular weight excluding hydrogens is 188 g/mol. The van der Waals surface area contributed by atoms with Gasteiger partial charge in [-0.3, -0.25) is 4.79 Å². The molecule has 0 bridgehead atoms. The normalized spacial score (nSPS) is 10.5. The number of rotatable bonds is 1. The lowest BCUT2D eigenvalue weighted by atomic mass is 10.0. The summed E-state index contributed by atoms with van der Waals surface area (Å²) in [5.74, 6) is 0.381. The second-order valence-electron chi connectivity index (χ2n) is 3.57. The molecule has 1 aromatic heterocycles. The lowest BCUT2D eigenvalue weighted by molar-refractivity contribution is 1.27. The number of hydrogen-bond acceptors (Lipinski definition) is 2. The van der Waals surface area contributed by atoms with E-state index in [-0.39, 0.29) is 5.56 Å². The molecule has 2 rings (SSSR count). The first-order chi connectivity index (χ1) is 7.11. The fourth-order valence-electron chi connectivity index (χ4n) is 1.76. The van der Waals surface area contributed by atoms with Crippen molar-refractivity contribution < 1.29 is 0 Å². The van der Waals surface area contributed by atoms with Gasteiger partial charge in [-0.2, -0.15) is 0 Å². The zero-order chi connectivity index (χ0) is 11.0. The number of anilines is 1. The Morgan fingerprint density at radius 1 is 1.33 bits per heavy atom. The number of nitrogens with one attached hydrogen (secondary N) is 1. The van der Waals surface area contributed by atoms with Crippen molar-refractivity contribution in [3.63, 3.8) is 0 Å². The molecule has 15 heavy (non-hydrogen) atoms. The van der Waals surface area contributed by atoms with Crippen LogP contribution in [0.5, 0.6) is 0 Å². The summed E-state index contributed by atoms with van der Waals surface area (Å²) < 4.78 is 0. The molecule has 1 aromatic carbocycles. The van der Waals surface area contributed by atoms with E-state index in [1.165, 1.54) is 0 Å². The van der Waals surface area contributed by atoms with E-state index in [0.717, 1.165) is 16.5 Å². The molecule has 2 aromatic rings. The molecule has 0 amide bonds. The lowest BCUT2D eigenvalue weighted by Crippen LogP contribution is -2.11. The highest BCUT2D eigenvalue weighted by molar-refractivity contribution is 5.96. The number of H-pyrrole nitrogens is 1. The third-order valence-electron chi connectivity index (χ3n) is 2.39. The summed E-state index contributed by atoms with van der Waals surface area (Å²) in [6.45, 7) is 5.74. The van der Waals surface area contributed by atoms with Crippen LogP contribution in [-0.4, -0.2) is 4.98 Å². The molecular formula is C12H12N2O. The van der Waals surface area contributed by atoms with Crippen LogP contribution in [0, 0.1) is 0 Å². The Labute approximate surface area is 87.2 Å². The number of hydrogen-bond donors (Lipinski definition) is 2. The monoisotopic (exact) mass is 200 g/mol. The zero-order valence-electron chi connectivity index (χ0n) is 8.50. The molecule has 0 radical (unpaired) electrons. The van der Waals surface area contributed by atoms with Crippen LogP contribution in [-0.2, 0) is 0 Å². The summed E-state index contributed by atoms with van der Waals surface area (Å²) in [5, 5.41) is 1.50. The Kier molecular flexibility index (Phi) is 2.08. The molecule has 0 unspecified atom stereocenters. The molecule has 3 heteroatoms. The highest BCUT2D eigenvalue weighted by Gasteiger charge is 2.08. The quantitative estimate of drug-likeness (QED) is 0.741. The van der Waals surface area contributed by atoms with Crippen molar-refractivity contribution in [1.82, 2.24) is 4.98 Å². The van der Waals surface area contributed by atoms with E-state index in [4.69, 9.17) is 5.73 Å². The van der Waals surface area contributed by atoms with E-state index in [9.17, 15) is 4.79 Å². The molecule has 0 saturated heterocycles. The minimum absolute atomic E-state index is 0.159. The van der Waals surface area contributed by atoms with Gasteiger partial charge < -0.3 is 10.7 Å². The largest absolute Gasteiger partial charge is 0.385 e. The Morgan fingerprint density at radius 2 is 1.93 bits per heavy atom. The molecule has 76 valence electrons. The Morgan fingerprint density at radius 3 is 2.53 bits per heavy atom. The fourth-order valence-corrected chi connectivity index (χ4v) is 1.76. The third kappa shape index (κ3) is 1.42. The fraction of sp³-hybridized carbons (Fsp3) is 0.0833. The number of pyridine rings is 1. The van der Waals surface area contributed by atoms with Crippen molar-refractivity contribution in [1.29, 1.82) is 0 Å². The molecule has 0 aliphatic heterocycles. The van der Waals surface area contributed by atoms with Gasteiger partial charge in [0.2, 0.25) is 0 Å². The number of fused-ring (bicyclic) bond motifs is 1. The molecule has 3 N–H and O–H groups in total. The van der Waals surface area contributed by atoms with Gasteiger partial charge in [-0.1, -0.05) is 24.8 Å². The Balaban J connectivity index is 3.03. The van der Waals surface area contributed by atoms with Gasteiger partial charge in [0.1, 0.15) is 5.82 Å². The van der Waals surface area contributed by atoms with Gasteiger partial charge in [0.15, 0.2) is 0 Å². The number of allylic oxidation sites excluding steroid dienone is 1. The van der Waals surface area contributed by atoms with E-state index in [1.807, 2.05) is 25.1 Å². The SMILES string of the molecule is C=C(C)c1c(N)[nH]c(=O)c2ccccc12. The van der Waals surface area contributed by atoms with Gasteiger partial charge in [-0.15, -0.1) is 0 Å². The number of benzene rings is 1. The summed E-state index contributed by atoms with van der Waals surface area (Å²) in [6.07, 6.45) is 0. The van der Waals surface area contributed by atoms with Crippen molar-refractivity contribution in [3.8, 4) is 0 Å². The molecule has 1 heterocycles. The maximum atomic E-state index is 11.6. The lowest BCUT2D eigenvalue weighted by Gasteiger charge is -2.08. The van der Waals surface area contributed by atoms with Gasteiger partial charge in [-0.05, 0) is 23.9 Å². The van der Waals surface area contributed by atoms with Crippen LogP contribution in [0.1, 0.15) is 12.5 Å². The van der Waals surface area contributed by atoms with Crippen molar-refractivity contribution in [3.05, 3.63) is 46.8 Å². The van der Waals surface area contributed by atoms with Crippen LogP contribution in [0.4, 0.5) is 5.82 Å². The molecule has 0 aliphatic carbocycles. The van der Waals surface area contributed by atoms with E-state index < -0.39 is 0 Å². The maximum Gasteiger partial charge on any atom is 0.257 e. The topological polar surface area (TPSA) is 58.9 Å². The van der Waals surface area contributed by atoms with E-state index >= 15 is 0 Å². The summed E-state index contributed by atoms with van der Waals surface area (Å²) in [7, 11) is 0. The van der Waals surface area contributed by atoms with E-state index in [2.05, 4.69) is 11.6 Å². The van der Waals surface area contributed by atoms with Crippen LogP contribution >= 0.6 is 0 Å². The van der Waals surface area contributed by atoms with Crippen molar-refractivity contribution in [2.24, 2.45) is 0 Å². The van der Waals surface area contributed by atoms with Crippen LogP contribution in [0.2, 0.25) is 0 Å². The van der Waals surface area contributed by atoms with Gasteiger partial charge in [0.25, 0.3) is 5.56 Å². The molecule has 0 atom stereocenters. The highest BCUT2D eigenvalue weighted by atomic mass is 16.1. The second-order valence-corrected chi connectivity index (χ2v) is 3.57. The average molecular weight is 200 g/mol. The van der Waals surface area contributed by atoms with Crippen LogP contribution < -0.4 is 11.3 Å². The number of nitrogens with two attached hydrogens (primary N) is 1. The summed E-state index contributed by atoms with van der Waals surface area (Å²) in [5.41, 5.74) is 7.28. The number of aromatic nitrogens is 1. The Hall–Kier alpha value is -2.03. The van der Waals surface area contributed by atoms with E-state index in [0.29, 0.717) is 11.2 Å². The average Bonchev–Trinajstić information content (AvgIpc) is 2.17. The molecule has 0 spiro atoms. The number of nitrogen functional groups attached to an aromatic ring is 1. The third-order valence-corrected chi connectivity index (χ3v) is 2.39. The first-order valence-electron chi connectivity index (χ1n) is 4.67. The van der Waals surface area contributed by atoms with Gasteiger partial charge >= 0.3 is 0 Å². The predicted molar refractivity (Wildman–Crippen MR) is 63.7 cm³/mol. The molecule has 0 aliphatic rings. The van der Waals surface area contributed by atoms with Gasteiger partial charge in [0.05, 0.1) is 0 Å².